The van der Waals surface area contributed by atoms with Gasteiger partial charge in [-0.05, 0) is 13.8 Å². The van der Waals surface area contributed by atoms with Crippen LogP contribution in [0.25, 0.3) is 0 Å². The lowest BCUT2D eigenvalue weighted by atomic mass is 10.2. The van der Waals surface area contributed by atoms with Crippen LogP contribution >= 0.6 is 11.8 Å². The zero-order valence-electron chi connectivity index (χ0n) is 9.98. The van der Waals surface area contributed by atoms with Gasteiger partial charge in [-0.3, -0.25) is 10.1 Å². The second-order valence-corrected chi connectivity index (χ2v) is 4.40. The number of furan rings is 1. The standard InChI is InChI=1S/C10H13N5O2S/c1-5-6(2)17-9(7(5)3-11)14-8(16)4-18-10(12)15-13/h4,13H2,1-2H3,(H2,12,15)(H,14,16). The third kappa shape index (κ3) is 3.18. The Labute approximate surface area is 108 Å². The van der Waals surface area contributed by atoms with Crippen LogP contribution in [0.5, 0.6) is 0 Å². The maximum atomic E-state index is 11.6. The van der Waals surface area contributed by atoms with E-state index in [1.165, 1.54) is 0 Å². The summed E-state index contributed by atoms with van der Waals surface area (Å²) in [5.74, 6) is 5.37. The van der Waals surface area contributed by atoms with Gasteiger partial charge in [-0.15, -0.1) is 0 Å². The molecule has 0 saturated carbocycles. The predicted octanol–water partition coefficient (Wildman–Crippen LogP) is 0.628. The van der Waals surface area contributed by atoms with Gasteiger partial charge in [0.2, 0.25) is 11.8 Å². The van der Waals surface area contributed by atoms with Gasteiger partial charge in [0.15, 0.2) is 5.17 Å². The number of hydrogen-bond acceptors (Lipinski definition) is 6. The summed E-state index contributed by atoms with van der Waals surface area (Å²) in [5, 5.41) is 14.8. The maximum absolute atomic E-state index is 11.6. The molecule has 18 heavy (non-hydrogen) atoms. The Kier molecular flexibility index (Phi) is 4.62. The van der Waals surface area contributed by atoms with Gasteiger partial charge in [0.05, 0.1) is 5.75 Å². The number of hydrogen-bond donors (Lipinski definition) is 3. The molecule has 0 aliphatic heterocycles. The van der Waals surface area contributed by atoms with Crippen LogP contribution in [-0.4, -0.2) is 16.8 Å². The van der Waals surface area contributed by atoms with Gasteiger partial charge < -0.3 is 16.0 Å². The molecule has 0 radical (unpaired) electrons. The van der Waals surface area contributed by atoms with Crippen molar-refractivity contribution in [3.63, 3.8) is 0 Å². The summed E-state index contributed by atoms with van der Waals surface area (Å²) in [6, 6.07) is 1.98. The molecule has 0 aliphatic rings. The number of carbonyl (C=O) groups is 1. The average molecular weight is 267 g/mol. The Morgan fingerprint density at radius 1 is 1.61 bits per heavy atom. The number of nitrogens with one attached hydrogen (secondary N) is 1. The molecule has 0 bridgehead atoms. The molecule has 0 atom stereocenters. The maximum Gasteiger partial charge on any atom is 0.237 e. The van der Waals surface area contributed by atoms with Crippen LogP contribution in [0.1, 0.15) is 16.9 Å². The highest BCUT2D eigenvalue weighted by molar-refractivity contribution is 8.14. The Balaban J connectivity index is 2.71. The molecule has 96 valence electrons. The molecular weight excluding hydrogens is 254 g/mol. The summed E-state index contributed by atoms with van der Waals surface area (Å²) in [4.78, 5) is 11.6. The topological polar surface area (TPSA) is 130 Å². The SMILES string of the molecule is Cc1oc(NC(=O)CSC(N)=NN)c(C#N)c1C. The molecule has 0 unspecified atom stereocenters. The van der Waals surface area contributed by atoms with Gasteiger partial charge in [0.1, 0.15) is 17.4 Å². The fourth-order valence-corrected chi connectivity index (χ4v) is 1.61. The second kappa shape index (κ2) is 5.97. The van der Waals surface area contributed by atoms with E-state index < -0.39 is 0 Å². The highest BCUT2D eigenvalue weighted by atomic mass is 32.2. The number of nitrogens with zero attached hydrogens (tertiary/aromatic N) is 2. The van der Waals surface area contributed by atoms with Gasteiger partial charge in [-0.25, -0.2) is 0 Å². The predicted molar refractivity (Wildman–Crippen MR) is 69.8 cm³/mol. The number of nitriles is 1. The molecule has 1 rings (SSSR count). The van der Waals surface area contributed by atoms with E-state index in [2.05, 4.69) is 10.4 Å². The van der Waals surface area contributed by atoms with E-state index in [-0.39, 0.29) is 22.7 Å². The Morgan fingerprint density at radius 2 is 2.28 bits per heavy atom. The number of thioether (sulfide) groups is 1. The van der Waals surface area contributed by atoms with Gasteiger partial charge in [-0.2, -0.15) is 10.4 Å². The van der Waals surface area contributed by atoms with Gasteiger partial charge >= 0.3 is 0 Å². The van der Waals surface area contributed by atoms with Crippen molar-refractivity contribution >= 4 is 28.7 Å². The van der Waals surface area contributed by atoms with Crippen LogP contribution in [0.15, 0.2) is 9.52 Å². The highest BCUT2D eigenvalue weighted by Crippen LogP contribution is 2.25. The Bertz CT molecular complexity index is 529. The molecule has 7 nitrogen and oxygen atoms in total. The Morgan fingerprint density at radius 3 is 2.83 bits per heavy atom. The van der Waals surface area contributed by atoms with Crippen molar-refractivity contribution in [2.75, 3.05) is 11.1 Å². The molecule has 0 fully saturated rings. The monoisotopic (exact) mass is 267 g/mol. The molecule has 5 N–H and O–H groups in total. The third-order valence-electron chi connectivity index (χ3n) is 2.23. The molecule has 1 aromatic rings. The average Bonchev–Trinajstić information content (AvgIpc) is 2.61. The lowest BCUT2D eigenvalue weighted by Gasteiger charge is -2.01. The van der Waals surface area contributed by atoms with Crippen molar-refractivity contribution in [1.29, 1.82) is 5.26 Å². The fourth-order valence-electron chi connectivity index (χ4n) is 1.19. The lowest BCUT2D eigenvalue weighted by molar-refractivity contribution is -0.113. The van der Waals surface area contributed by atoms with Gasteiger partial charge in [-0.1, -0.05) is 11.8 Å². The van der Waals surface area contributed by atoms with Crippen molar-refractivity contribution < 1.29 is 9.21 Å². The first-order valence-corrected chi connectivity index (χ1v) is 5.94. The summed E-state index contributed by atoms with van der Waals surface area (Å²) in [6.07, 6.45) is 0. The van der Waals surface area contributed by atoms with Crippen molar-refractivity contribution in [1.82, 2.24) is 0 Å². The van der Waals surface area contributed by atoms with Crippen LogP contribution < -0.4 is 16.9 Å². The first-order valence-electron chi connectivity index (χ1n) is 4.95. The molecule has 0 spiro atoms. The van der Waals surface area contributed by atoms with Crippen LogP contribution in [-0.2, 0) is 4.79 Å². The number of carbonyl (C=O) groups excluding carboxylic acids is 1. The van der Waals surface area contributed by atoms with E-state index in [1.54, 1.807) is 13.8 Å². The summed E-state index contributed by atoms with van der Waals surface area (Å²) < 4.78 is 5.29. The first-order chi connectivity index (χ1) is 8.49. The van der Waals surface area contributed by atoms with Crippen LogP contribution in [0.4, 0.5) is 5.88 Å². The molecule has 1 aromatic heterocycles. The number of amidine groups is 1. The minimum atomic E-state index is -0.350. The summed E-state index contributed by atoms with van der Waals surface area (Å²) in [5.41, 5.74) is 6.37. The summed E-state index contributed by atoms with van der Waals surface area (Å²) in [7, 11) is 0. The zero-order chi connectivity index (χ0) is 13.7. The van der Waals surface area contributed by atoms with Crippen molar-refractivity contribution in [3.05, 3.63) is 16.9 Å². The van der Waals surface area contributed by atoms with Gasteiger partial charge in [0, 0.05) is 5.56 Å². The first kappa shape index (κ1) is 13.9. The van der Waals surface area contributed by atoms with E-state index in [0.717, 1.165) is 11.8 Å². The molecule has 0 aliphatic carbocycles. The second-order valence-electron chi connectivity index (χ2n) is 3.40. The number of nitrogens with two attached hydrogens (primary N) is 2. The molecule has 0 saturated heterocycles. The molecule has 1 heterocycles. The van der Waals surface area contributed by atoms with Crippen LogP contribution in [0.2, 0.25) is 0 Å². The normalized spacial score (nSPS) is 11.1. The smallest absolute Gasteiger partial charge is 0.237 e. The number of aryl methyl sites for hydroxylation is 1. The fraction of sp³-hybridized carbons (Fsp3) is 0.300. The van der Waals surface area contributed by atoms with Gasteiger partial charge in [0.25, 0.3) is 0 Å². The van der Waals surface area contributed by atoms with E-state index in [4.69, 9.17) is 21.3 Å². The Hall–Kier alpha value is -2.14. The minimum Gasteiger partial charge on any atom is -0.444 e. The molecule has 8 heteroatoms. The number of rotatable bonds is 3. The summed E-state index contributed by atoms with van der Waals surface area (Å²) in [6.45, 7) is 3.47. The highest BCUT2D eigenvalue weighted by Gasteiger charge is 2.16. The molecule has 1 amide bonds. The van der Waals surface area contributed by atoms with E-state index in [9.17, 15) is 4.79 Å². The molecular formula is C10H13N5O2S. The quantitative estimate of drug-likeness (QED) is 0.318. The van der Waals surface area contributed by atoms with Crippen molar-refractivity contribution in [2.45, 2.75) is 13.8 Å². The lowest BCUT2D eigenvalue weighted by Crippen LogP contribution is -2.18. The third-order valence-corrected chi connectivity index (χ3v) is 3.04. The number of hydrazone groups is 1. The minimum absolute atomic E-state index is 0.0379. The zero-order valence-corrected chi connectivity index (χ0v) is 10.8. The van der Waals surface area contributed by atoms with E-state index in [0.29, 0.717) is 16.9 Å². The number of anilines is 1. The number of amides is 1. The van der Waals surface area contributed by atoms with E-state index in [1.807, 2.05) is 6.07 Å². The van der Waals surface area contributed by atoms with E-state index >= 15 is 0 Å². The van der Waals surface area contributed by atoms with Crippen molar-refractivity contribution in [3.8, 4) is 6.07 Å². The van der Waals surface area contributed by atoms with Crippen LogP contribution in [0.3, 0.4) is 0 Å². The van der Waals surface area contributed by atoms with Crippen molar-refractivity contribution in [2.24, 2.45) is 16.7 Å². The largest absolute Gasteiger partial charge is 0.444 e. The summed E-state index contributed by atoms with van der Waals surface area (Å²) >= 11 is 0.994. The molecule has 0 aromatic carbocycles. The van der Waals surface area contributed by atoms with Crippen LogP contribution in [0, 0.1) is 25.2 Å².